The summed E-state index contributed by atoms with van der Waals surface area (Å²) in [7, 11) is 0. The summed E-state index contributed by atoms with van der Waals surface area (Å²) in [5.74, 6) is -1.20. The average molecular weight is 307 g/mol. The predicted octanol–water partition coefficient (Wildman–Crippen LogP) is -0.0445. The van der Waals surface area contributed by atoms with Crippen molar-refractivity contribution in [1.29, 1.82) is 0 Å². The number of primary amides is 1. The van der Waals surface area contributed by atoms with Gasteiger partial charge in [0.25, 0.3) is 11.8 Å². The summed E-state index contributed by atoms with van der Waals surface area (Å²) in [6.07, 6.45) is 3.62. The monoisotopic (exact) mass is 307 g/mol. The first kappa shape index (κ1) is 15.3. The number of imide groups is 1. The molecule has 3 fully saturated rings. The fourth-order valence-electron chi connectivity index (χ4n) is 3.86. The van der Waals surface area contributed by atoms with E-state index in [-0.39, 0.29) is 12.1 Å². The molecule has 0 aliphatic carbocycles. The molecule has 4 amide bonds. The highest BCUT2D eigenvalue weighted by Crippen LogP contribution is 2.39. The molecule has 3 saturated heterocycles. The lowest BCUT2D eigenvalue weighted by molar-refractivity contribution is -0.140. The molecule has 3 rings (SSSR count). The molecule has 0 spiro atoms. The van der Waals surface area contributed by atoms with Crippen molar-refractivity contribution in [2.24, 2.45) is 5.73 Å². The van der Waals surface area contributed by atoms with Gasteiger partial charge in [-0.2, -0.15) is 0 Å². The highest BCUT2D eigenvalue weighted by Gasteiger charge is 2.64. The number of likely N-dealkylation sites (tertiary alicyclic amines) is 1. The van der Waals surface area contributed by atoms with E-state index in [1.165, 1.54) is 9.80 Å². The van der Waals surface area contributed by atoms with Gasteiger partial charge in [0.05, 0.1) is 0 Å². The van der Waals surface area contributed by atoms with Gasteiger partial charge in [-0.3, -0.25) is 14.5 Å². The molecule has 2 N–H and O–H groups in total. The van der Waals surface area contributed by atoms with Crippen LogP contribution in [0.15, 0.2) is 0 Å². The maximum Gasteiger partial charge on any atom is 0.328 e. The summed E-state index contributed by atoms with van der Waals surface area (Å²) in [5.41, 5.74) is 3.92. The summed E-state index contributed by atoms with van der Waals surface area (Å²) in [4.78, 5) is 42.2. The Kier molecular flexibility index (Phi) is 3.63. The Morgan fingerprint density at radius 3 is 2.41 bits per heavy atom. The second-order valence-electron chi connectivity index (χ2n) is 6.59. The maximum absolute atomic E-state index is 12.8. The minimum absolute atomic E-state index is 0.134. The van der Waals surface area contributed by atoms with Gasteiger partial charge in [0.15, 0.2) is 0 Å². The summed E-state index contributed by atoms with van der Waals surface area (Å²) < 4.78 is 0. The SMILES string of the molecule is CC(C)N1CCC(N2C(=O)N3CC[CH][C@]3(C(N)=O)C2=O)CC1. The Labute approximate surface area is 130 Å². The number of rotatable bonds is 3. The molecular formula is C15H23N4O3. The second-order valence-corrected chi connectivity index (χ2v) is 6.59. The van der Waals surface area contributed by atoms with Crippen molar-refractivity contribution in [1.82, 2.24) is 14.7 Å². The first-order valence-corrected chi connectivity index (χ1v) is 7.93. The molecule has 0 bridgehead atoms. The van der Waals surface area contributed by atoms with Crippen LogP contribution < -0.4 is 5.73 Å². The third-order valence-electron chi connectivity index (χ3n) is 5.17. The van der Waals surface area contributed by atoms with Gasteiger partial charge in [-0.25, -0.2) is 4.79 Å². The zero-order chi connectivity index (χ0) is 16.1. The number of carbonyl (C=O) groups is 3. The normalized spacial score (nSPS) is 30.5. The van der Waals surface area contributed by atoms with E-state index in [1.807, 2.05) is 0 Å². The predicted molar refractivity (Wildman–Crippen MR) is 79.5 cm³/mol. The van der Waals surface area contributed by atoms with E-state index < -0.39 is 17.4 Å². The van der Waals surface area contributed by atoms with Crippen molar-refractivity contribution in [3.8, 4) is 0 Å². The lowest BCUT2D eigenvalue weighted by atomic mass is 9.94. The molecule has 3 aliphatic rings. The molecule has 0 saturated carbocycles. The van der Waals surface area contributed by atoms with E-state index in [9.17, 15) is 14.4 Å². The van der Waals surface area contributed by atoms with Crippen LogP contribution in [-0.4, -0.2) is 69.8 Å². The van der Waals surface area contributed by atoms with Gasteiger partial charge in [0, 0.05) is 38.1 Å². The zero-order valence-corrected chi connectivity index (χ0v) is 13.1. The second kappa shape index (κ2) is 5.22. The van der Waals surface area contributed by atoms with Crippen LogP contribution in [0.2, 0.25) is 0 Å². The molecule has 121 valence electrons. The minimum atomic E-state index is -1.54. The maximum atomic E-state index is 12.8. The average Bonchev–Trinajstić information content (AvgIpc) is 3.00. The van der Waals surface area contributed by atoms with Crippen molar-refractivity contribution < 1.29 is 14.4 Å². The molecule has 3 heterocycles. The molecule has 0 aromatic carbocycles. The van der Waals surface area contributed by atoms with Crippen molar-refractivity contribution in [3.05, 3.63) is 6.42 Å². The summed E-state index contributed by atoms with van der Waals surface area (Å²) in [6.45, 7) is 6.37. The topological polar surface area (TPSA) is 86.9 Å². The Morgan fingerprint density at radius 2 is 1.91 bits per heavy atom. The number of urea groups is 1. The Balaban J connectivity index is 1.80. The van der Waals surface area contributed by atoms with Crippen LogP contribution >= 0.6 is 0 Å². The molecule has 0 aromatic heterocycles. The Bertz CT molecular complexity index is 513. The molecular weight excluding hydrogens is 284 g/mol. The number of hydrogen-bond acceptors (Lipinski definition) is 4. The van der Waals surface area contributed by atoms with Crippen LogP contribution in [0.4, 0.5) is 4.79 Å². The first-order valence-electron chi connectivity index (χ1n) is 7.93. The first-order chi connectivity index (χ1) is 10.4. The molecule has 1 radical (unpaired) electrons. The van der Waals surface area contributed by atoms with Gasteiger partial charge in [0.1, 0.15) is 0 Å². The smallest absolute Gasteiger partial charge is 0.328 e. The molecule has 7 heteroatoms. The number of nitrogens with two attached hydrogens (primary N) is 1. The fourth-order valence-corrected chi connectivity index (χ4v) is 3.86. The molecule has 1 atom stereocenters. The van der Waals surface area contributed by atoms with E-state index >= 15 is 0 Å². The molecule has 22 heavy (non-hydrogen) atoms. The van der Waals surface area contributed by atoms with Gasteiger partial charge >= 0.3 is 6.03 Å². The van der Waals surface area contributed by atoms with Crippen LogP contribution in [0.1, 0.15) is 33.1 Å². The third-order valence-corrected chi connectivity index (χ3v) is 5.17. The van der Waals surface area contributed by atoms with E-state index in [4.69, 9.17) is 5.73 Å². The summed E-state index contributed by atoms with van der Waals surface area (Å²) in [5, 5.41) is 0. The summed E-state index contributed by atoms with van der Waals surface area (Å²) in [6, 6.07) is -0.0369. The molecule has 0 unspecified atom stereocenters. The number of hydrogen-bond donors (Lipinski definition) is 1. The van der Waals surface area contributed by atoms with Gasteiger partial charge in [0.2, 0.25) is 5.54 Å². The number of amides is 4. The van der Waals surface area contributed by atoms with Crippen LogP contribution in [0.5, 0.6) is 0 Å². The van der Waals surface area contributed by atoms with Crippen LogP contribution in [0, 0.1) is 6.42 Å². The number of piperidine rings is 1. The highest BCUT2D eigenvalue weighted by atomic mass is 16.2. The summed E-state index contributed by atoms with van der Waals surface area (Å²) >= 11 is 0. The number of fused-ring (bicyclic) bond motifs is 1. The van der Waals surface area contributed by atoms with Crippen LogP contribution in [0.3, 0.4) is 0 Å². The number of carbonyl (C=O) groups excluding carboxylic acids is 3. The van der Waals surface area contributed by atoms with Crippen molar-refractivity contribution >= 4 is 17.8 Å². The lowest BCUT2D eigenvalue weighted by Crippen LogP contribution is -2.56. The number of nitrogens with zero attached hydrogens (tertiary/aromatic N) is 3. The van der Waals surface area contributed by atoms with E-state index in [0.29, 0.717) is 19.0 Å². The van der Waals surface area contributed by atoms with E-state index in [0.717, 1.165) is 25.9 Å². The quantitative estimate of drug-likeness (QED) is 0.585. The fraction of sp³-hybridized carbons (Fsp3) is 0.733. The largest absolute Gasteiger partial charge is 0.367 e. The van der Waals surface area contributed by atoms with Crippen molar-refractivity contribution in [2.75, 3.05) is 19.6 Å². The third kappa shape index (κ3) is 1.95. The van der Waals surface area contributed by atoms with Crippen molar-refractivity contribution in [3.63, 3.8) is 0 Å². The van der Waals surface area contributed by atoms with E-state index in [1.54, 1.807) is 6.42 Å². The molecule has 7 nitrogen and oxygen atoms in total. The van der Waals surface area contributed by atoms with E-state index in [2.05, 4.69) is 18.7 Å². The molecule has 0 aromatic rings. The Hall–Kier alpha value is -1.63. The van der Waals surface area contributed by atoms with Gasteiger partial charge in [-0.1, -0.05) is 0 Å². The standard InChI is InChI=1S/C15H23N4O3/c1-10(2)17-8-4-11(5-9-17)19-13(21)15(12(16)20)6-3-7-18(15)14(19)22/h6,10-11H,3-5,7-9H2,1-2H3,(H2,16,20)/t15-/m0/s1. The van der Waals surface area contributed by atoms with Gasteiger partial charge in [-0.05, 0) is 33.1 Å². The van der Waals surface area contributed by atoms with Gasteiger partial charge in [-0.15, -0.1) is 0 Å². The van der Waals surface area contributed by atoms with Crippen LogP contribution in [0.25, 0.3) is 0 Å². The van der Waals surface area contributed by atoms with Crippen LogP contribution in [-0.2, 0) is 9.59 Å². The minimum Gasteiger partial charge on any atom is -0.367 e. The lowest BCUT2D eigenvalue weighted by Gasteiger charge is -2.37. The van der Waals surface area contributed by atoms with Gasteiger partial charge < -0.3 is 15.5 Å². The molecule has 3 aliphatic heterocycles. The van der Waals surface area contributed by atoms with Crippen molar-refractivity contribution in [2.45, 2.75) is 50.7 Å². The Morgan fingerprint density at radius 1 is 1.27 bits per heavy atom. The highest BCUT2D eigenvalue weighted by molar-refractivity contribution is 6.21. The zero-order valence-electron chi connectivity index (χ0n) is 13.1.